The number of piperidine rings is 1. The normalized spacial score (nSPS) is 24.7. The van der Waals surface area contributed by atoms with E-state index in [1.54, 1.807) is 6.92 Å². The van der Waals surface area contributed by atoms with E-state index in [-0.39, 0.29) is 0 Å². The molecule has 0 unspecified atom stereocenters. The molecule has 0 amide bonds. The molecule has 1 nitrogen and oxygen atoms in total. The molecule has 1 saturated carbocycles. The standard InChI is InChI=1S/C7H13N.C3H4/c1-2-6-8-7(3-1)4-5-7;1-3-2/h8H,1-6H2;1H,2H3. The van der Waals surface area contributed by atoms with Gasteiger partial charge in [0.15, 0.2) is 0 Å². The highest BCUT2D eigenvalue weighted by Crippen LogP contribution is 2.41. The fourth-order valence-corrected chi connectivity index (χ4v) is 1.61. The quantitative estimate of drug-likeness (QED) is 0.522. The molecule has 0 atom stereocenters. The van der Waals surface area contributed by atoms with Gasteiger partial charge in [0.2, 0.25) is 0 Å². The first-order chi connectivity index (χ1) is 5.33. The van der Waals surface area contributed by atoms with Gasteiger partial charge in [0.1, 0.15) is 0 Å². The maximum atomic E-state index is 4.60. The summed E-state index contributed by atoms with van der Waals surface area (Å²) >= 11 is 0. The average Bonchev–Trinajstić information content (AvgIpc) is 2.73. The molecule has 1 aliphatic heterocycles. The second-order valence-corrected chi connectivity index (χ2v) is 3.45. The fraction of sp³-hybridized carbons (Fsp3) is 0.800. The zero-order valence-corrected chi connectivity index (χ0v) is 7.32. The number of terminal acetylenes is 1. The van der Waals surface area contributed by atoms with Crippen molar-refractivity contribution < 1.29 is 0 Å². The van der Waals surface area contributed by atoms with E-state index in [2.05, 4.69) is 17.7 Å². The summed E-state index contributed by atoms with van der Waals surface area (Å²) in [6, 6.07) is 0. The highest BCUT2D eigenvalue weighted by molar-refractivity contribution is 5.03. The Balaban J connectivity index is 0.000000179. The molecule has 0 aromatic carbocycles. The van der Waals surface area contributed by atoms with Crippen LogP contribution in [0.3, 0.4) is 0 Å². The number of rotatable bonds is 0. The predicted molar refractivity (Wildman–Crippen MR) is 48.3 cm³/mol. The van der Waals surface area contributed by atoms with Crippen LogP contribution < -0.4 is 5.32 Å². The molecule has 0 aromatic rings. The topological polar surface area (TPSA) is 12.0 Å². The summed E-state index contributed by atoms with van der Waals surface area (Å²) in [5.74, 6) is 2.25. The Morgan fingerprint density at radius 3 is 2.18 bits per heavy atom. The predicted octanol–water partition coefficient (Wildman–Crippen LogP) is 1.93. The summed E-state index contributed by atoms with van der Waals surface area (Å²) in [6.45, 7) is 2.93. The smallest absolute Gasteiger partial charge is 0.0182 e. The van der Waals surface area contributed by atoms with Crippen molar-refractivity contribution in [3.63, 3.8) is 0 Å². The Labute approximate surface area is 69.6 Å². The van der Waals surface area contributed by atoms with Crippen LogP contribution in [0.2, 0.25) is 0 Å². The third-order valence-electron chi connectivity index (χ3n) is 2.44. The number of nitrogens with one attached hydrogen (secondary N) is 1. The molecule has 2 rings (SSSR count). The van der Waals surface area contributed by atoms with Gasteiger partial charge in [0.05, 0.1) is 0 Å². The fourth-order valence-electron chi connectivity index (χ4n) is 1.61. The van der Waals surface area contributed by atoms with E-state index >= 15 is 0 Å². The first-order valence-electron chi connectivity index (χ1n) is 4.45. The molecule has 11 heavy (non-hydrogen) atoms. The second-order valence-electron chi connectivity index (χ2n) is 3.45. The van der Waals surface area contributed by atoms with Crippen molar-refractivity contribution in [1.29, 1.82) is 0 Å². The molecule has 62 valence electrons. The van der Waals surface area contributed by atoms with Crippen molar-refractivity contribution in [2.45, 2.75) is 44.6 Å². The molecule has 2 fully saturated rings. The molecule has 1 saturated heterocycles. The average molecular weight is 151 g/mol. The lowest BCUT2D eigenvalue weighted by Gasteiger charge is -2.22. The minimum atomic E-state index is 0.679. The summed E-state index contributed by atoms with van der Waals surface area (Å²) < 4.78 is 0. The highest BCUT2D eigenvalue weighted by Gasteiger charge is 2.42. The summed E-state index contributed by atoms with van der Waals surface area (Å²) in [6.07, 6.45) is 11.8. The molecule has 1 N–H and O–H groups in total. The van der Waals surface area contributed by atoms with Gasteiger partial charge in [-0.1, -0.05) is 6.42 Å². The maximum Gasteiger partial charge on any atom is 0.0182 e. The van der Waals surface area contributed by atoms with Gasteiger partial charge >= 0.3 is 0 Å². The Bertz CT molecular complexity index is 143. The van der Waals surface area contributed by atoms with Gasteiger partial charge in [-0.25, -0.2) is 0 Å². The Morgan fingerprint density at radius 1 is 1.27 bits per heavy atom. The first kappa shape index (κ1) is 8.62. The van der Waals surface area contributed by atoms with Gasteiger partial charge in [0, 0.05) is 5.54 Å². The molecular weight excluding hydrogens is 134 g/mol. The summed E-state index contributed by atoms with van der Waals surface area (Å²) in [7, 11) is 0. The minimum Gasteiger partial charge on any atom is -0.311 e. The van der Waals surface area contributed by atoms with E-state index in [0.29, 0.717) is 5.54 Å². The van der Waals surface area contributed by atoms with Gasteiger partial charge in [-0.05, 0) is 39.2 Å². The zero-order valence-electron chi connectivity index (χ0n) is 7.32. The van der Waals surface area contributed by atoms with Crippen LogP contribution in [0.25, 0.3) is 0 Å². The highest BCUT2D eigenvalue weighted by atomic mass is 15.0. The van der Waals surface area contributed by atoms with E-state index in [0.717, 1.165) is 0 Å². The van der Waals surface area contributed by atoms with E-state index in [1.807, 2.05) is 0 Å². The van der Waals surface area contributed by atoms with Gasteiger partial charge in [0.25, 0.3) is 0 Å². The van der Waals surface area contributed by atoms with E-state index in [4.69, 9.17) is 0 Å². The van der Waals surface area contributed by atoms with Crippen molar-refractivity contribution in [2.24, 2.45) is 0 Å². The summed E-state index contributed by atoms with van der Waals surface area (Å²) in [4.78, 5) is 0. The Kier molecular flexibility index (Phi) is 2.96. The molecule has 0 radical (unpaired) electrons. The molecule has 1 spiro atoms. The molecule has 0 bridgehead atoms. The number of hydrogen-bond acceptors (Lipinski definition) is 1. The van der Waals surface area contributed by atoms with Gasteiger partial charge in [-0.3, -0.25) is 0 Å². The van der Waals surface area contributed by atoms with Crippen LogP contribution in [0.4, 0.5) is 0 Å². The Hall–Kier alpha value is -0.480. The van der Waals surface area contributed by atoms with E-state index in [1.165, 1.54) is 38.6 Å². The van der Waals surface area contributed by atoms with Crippen LogP contribution in [0.1, 0.15) is 39.0 Å². The minimum absolute atomic E-state index is 0.679. The summed E-state index contributed by atoms with van der Waals surface area (Å²) in [5.41, 5.74) is 0.679. The monoisotopic (exact) mass is 151 g/mol. The lowest BCUT2D eigenvalue weighted by Crippen LogP contribution is -2.35. The van der Waals surface area contributed by atoms with Crippen LogP contribution >= 0.6 is 0 Å². The van der Waals surface area contributed by atoms with Gasteiger partial charge in [-0.2, -0.15) is 0 Å². The third-order valence-corrected chi connectivity index (χ3v) is 2.44. The third kappa shape index (κ3) is 2.55. The molecule has 1 heteroatoms. The van der Waals surface area contributed by atoms with Gasteiger partial charge < -0.3 is 5.32 Å². The van der Waals surface area contributed by atoms with Crippen molar-refractivity contribution >= 4 is 0 Å². The van der Waals surface area contributed by atoms with Crippen LogP contribution in [0.15, 0.2) is 0 Å². The molecule has 1 aliphatic carbocycles. The van der Waals surface area contributed by atoms with Crippen LogP contribution in [0.5, 0.6) is 0 Å². The van der Waals surface area contributed by atoms with Crippen molar-refractivity contribution in [3.8, 4) is 12.3 Å². The van der Waals surface area contributed by atoms with Crippen LogP contribution in [-0.4, -0.2) is 12.1 Å². The van der Waals surface area contributed by atoms with E-state index < -0.39 is 0 Å². The number of hydrogen-bond donors (Lipinski definition) is 1. The second kappa shape index (κ2) is 3.78. The molecule has 0 aromatic heterocycles. The molecule has 2 aliphatic rings. The maximum absolute atomic E-state index is 4.60. The molecule has 1 heterocycles. The zero-order chi connectivity index (χ0) is 8.16. The summed E-state index contributed by atoms with van der Waals surface area (Å²) in [5, 5.41) is 3.57. The SMILES string of the molecule is C#CC.C1CCC2(CC2)NC1. The van der Waals surface area contributed by atoms with Crippen LogP contribution in [-0.2, 0) is 0 Å². The van der Waals surface area contributed by atoms with Crippen molar-refractivity contribution in [3.05, 3.63) is 0 Å². The lowest BCUT2D eigenvalue weighted by molar-refractivity contribution is 0.385. The lowest BCUT2D eigenvalue weighted by atomic mass is 10.0. The van der Waals surface area contributed by atoms with E-state index in [9.17, 15) is 0 Å². The van der Waals surface area contributed by atoms with Crippen molar-refractivity contribution in [2.75, 3.05) is 6.54 Å². The van der Waals surface area contributed by atoms with Crippen LogP contribution in [0, 0.1) is 12.3 Å². The molecular formula is C10H17N. The van der Waals surface area contributed by atoms with Gasteiger partial charge in [-0.15, -0.1) is 12.3 Å². The first-order valence-corrected chi connectivity index (χ1v) is 4.45. The Morgan fingerprint density at radius 2 is 1.91 bits per heavy atom. The largest absolute Gasteiger partial charge is 0.311 e. The van der Waals surface area contributed by atoms with Crippen molar-refractivity contribution in [1.82, 2.24) is 5.32 Å².